The van der Waals surface area contributed by atoms with Gasteiger partial charge in [0.2, 0.25) is 5.25 Å². The molecular formula is C17H17NO3S. The molecule has 0 bridgehead atoms. The monoisotopic (exact) mass is 315 g/mol. The van der Waals surface area contributed by atoms with Crippen molar-refractivity contribution in [2.24, 2.45) is 5.16 Å². The van der Waals surface area contributed by atoms with Gasteiger partial charge in [0.25, 0.3) is 5.79 Å². The number of benzene rings is 2. The van der Waals surface area contributed by atoms with Crippen LogP contribution in [0.25, 0.3) is 0 Å². The van der Waals surface area contributed by atoms with E-state index < -0.39 is 22.2 Å². The van der Waals surface area contributed by atoms with E-state index in [2.05, 4.69) is 5.16 Å². The fourth-order valence-electron chi connectivity index (χ4n) is 2.41. The summed E-state index contributed by atoms with van der Waals surface area (Å²) in [5.41, 5.74) is 2.39. The summed E-state index contributed by atoms with van der Waals surface area (Å²) in [7, 11) is 0. The van der Waals surface area contributed by atoms with E-state index in [9.17, 15) is 9.66 Å². The Morgan fingerprint density at radius 3 is 2.41 bits per heavy atom. The van der Waals surface area contributed by atoms with E-state index >= 15 is 0 Å². The van der Waals surface area contributed by atoms with Crippen LogP contribution in [0, 0.1) is 6.92 Å². The first-order chi connectivity index (χ1) is 10.5. The maximum absolute atomic E-state index is 12.9. The molecule has 0 saturated heterocycles. The topological polar surface area (TPSA) is 64.9 Å². The largest absolute Gasteiger partial charge is 0.611 e. The molecule has 1 aliphatic rings. The summed E-state index contributed by atoms with van der Waals surface area (Å²) < 4.78 is 12.9. The number of aliphatic hydroxyl groups is 1. The number of hydrogen-bond acceptors (Lipinski definition) is 4. The molecular weight excluding hydrogens is 298 g/mol. The van der Waals surface area contributed by atoms with E-state index in [-0.39, 0.29) is 0 Å². The molecule has 5 heteroatoms. The highest BCUT2D eigenvalue weighted by atomic mass is 32.2. The van der Waals surface area contributed by atoms with Gasteiger partial charge in [0.1, 0.15) is 5.71 Å². The number of nitrogens with zero attached hydrogens (tertiary/aromatic N) is 1. The van der Waals surface area contributed by atoms with Crippen molar-refractivity contribution in [2.75, 3.05) is 0 Å². The molecule has 2 aromatic rings. The van der Waals surface area contributed by atoms with Crippen LogP contribution in [-0.4, -0.2) is 26.4 Å². The third-order valence-corrected chi connectivity index (χ3v) is 5.43. The molecule has 0 fully saturated rings. The summed E-state index contributed by atoms with van der Waals surface area (Å²) >= 11 is -1.47. The number of rotatable bonds is 3. The first-order valence-corrected chi connectivity index (χ1v) is 8.21. The van der Waals surface area contributed by atoms with Crippen molar-refractivity contribution >= 4 is 16.9 Å². The predicted octanol–water partition coefficient (Wildman–Crippen LogP) is 2.61. The molecule has 0 radical (unpaired) electrons. The minimum Gasteiger partial charge on any atom is -0.611 e. The van der Waals surface area contributed by atoms with E-state index in [1.54, 1.807) is 0 Å². The Kier molecular flexibility index (Phi) is 3.95. The maximum Gasteiger partial charge on any atom is 0.286 e. The Bertz CT molecular complexity index is 683. The van der Waals surface area contributed by atoms with E-state index in [0.717, 1.165) is 11.1 Å². The number of oxime groups is 1. The van der Waals surface area contributed by atoms with Gasteiger partial charge in [-0.3, -0.25) is 0 Å². The lowest BCUT2D eigenvalue weighted by atomic mass is 10.0. The van der Waals surface area contributed by atoms with Gasteiger partial charge in [0.15, 0.2) is 4.90 Å². The second-order valence-electron chi connectivity index (χ2n) is 5.48. The smallest absolute Gasteiger partial charge is 0.286 e. The van der Waals surface area contributed by atoms with Crippen molar-refractivity contribution in [3.8, 4) is 0 Å². The lowest BCUT2D eigenvalue weighted by molar-refractivity contribution is -0.167. The molecule has 2 unspecified atom stereocenters. The van der Waals surface area contributed by atoms with Crippen LogP contribution < -0.4 is 0 Å². The van der Waals surface area contributed by atoms with Crippen LogP contribution in [0.4, 0.5) is 0 Å². The molecule has 0 amide bonds. The van der Waals surface area contributed by atoms with Crippen molar-refractivity contribution in [2.45, 2.75) is 29.8 Å². The third kappa shape index (κ3) is 2.75. The van der Waals surface area contributed by atoms with Crippen molar-refractivity contribution in [3.05, 3.63) is 65.7 Å². The average Bonchev–Trinajstić information content (AvgIpc) is 2.83. The molecule has 114 valence electrons. The molecule has 1 N–H and O–H groups in total. The molecule has 1 heterocycles. The second kappa shape index (κ2) is 5.76. The van der Waals surface area contributed by atoms with Gasteiger partial charge in [-0.1, -0.05) is 53.2 Å². The van der Waals surface area contributed by atoms with Gasteiger partial charge >= 0.3 is 0 Å². The Morgan fingerprint density at radius 1 is 1.14 bits per heavy atom. The molecule has 1 aliphatic heterocycles. The Labute approximate surface area is 132 Å². The zero-order chi connectivity index (χ0) is 15.7. The van der Waals surface area contributed by atoms with Gasteiger partial charge in [-0.25, -0.2) is 0 Å². The Hall–Kier alpha value is -1.82. The minimum atomic E-state index is -1.60. The molecule has 0 aliphatic carbocycles. The zero-order valence-electron chi connectivity index (χ0n) is 12.4. The van der Waals surface area contributed by atoms with Crippen molar-refractivity contribution in [1.29, 1.82) is 0 Å². The minimum absolute atomic E-state index is 0.504. The van der Waals surface area contributed by atoms with E-state index in [1.807, 2.05) is 61.5 Å². The summed E-state index contributed by atoms with van der Waals surface area (Å²) in [5.74, 6) is -1.60. The molecule has 0 spiro atoms. The van der Waals surface area contributed by atoms with Crippen LogP contribution in [0.2, 0.25) is 0 Å². The van der Waals surface area contributed by atoms with Gasteiger partial charge < -0.3 is 14.5 Å². The summed E-state index contributed by atoms with van der Waals surface area (Å²) in [6, 6.07) is 16.8. The van der Waals surface area contributed by atoms with Crippen LogP contribution in [0.1, 0.15) is 18.1 Å². The summed E-state index contributed by atoms with van der Waals surface area (Å²) in [5, 5.41) is 13.7. The van der Waals surface area contributed by atoms with Gasteiger partial charge in [-0.2, -0.15) is 0 Å². The number of hydrogen-bond donors (Lipinski definition) is 1. The molecule has 22 heavy (non-hydrogen) atoms. The summed E-state index contributed by atoms with van der Waals surface area (Å²) in [4.78, 5) is 5.78. The normalized spacial score (nSPS) is 25.5. The van der Waals surface area contributed by atoms with Gasteiger partial charge in [-0.15, -0.1) is 0 Å². The highest BCUT2D eigenvalue weighted by Gasteiger charge is 2.53. The van der Waals surface area contributed by atoms with Crippen LogP contribution >= 0.6 is 0 Å². The average molecular weight is 315 g/mol. The molecule has 3 rings (SSSR count). The molecule has 4 nitrogen and oxygen atoms in total. The lowest BCUT2D eigenvalue weighted by Gasteiger charge is -2.25. The second-order valence-corrected chi connectivity index (χ2v) is 7.02. The van der Waals surface area contributed by atoms with Crippen molar-refractivity contribution < 1.29 is 14.5 Å². The number of aryl methyl sites for hydroxylation is 1. The first-order valence-electron chi connectivity index (χ1n) is 7.00. The summed E-state index contributed by atoms with van der Waals surface area (Å²) in [6.07, 6.45) is 0. The lowest BCUT2D eigenvalue weighted by Crippen LogP contribution is -2.46. The van der Waals surface area contributed by atoms with Crippen LogP contribution in [0.5, 0.6) is 0 Å². The SMILES string of the molecule is Cc1ccc([S@+]([O-])C2C(c3ccccc3)=NOC2(C)O)cc1. The van der Waals surface area contributed by atoms with Crippen LogP contribution in [-0.2, 0) is 16.0 Å². The molecule has 2 aromatic carbocycles. The maximum atomic E-state index is 12.9. The summed E-state index contributed by atoms with van der Waals surface area (Å²) in [6.45, 7) is 3.46. The third-order valence-electron chi connectivity index (χ3n) is 3.60. The molecule has 0 aromatic heterocycles. The zero-order valence-corrected chi connectivity index (χ0v) is 13.2. The van der Waals surface area contributed by atoms with Crippen molar-refractivity contribution in [3.63, 3.8) is 0 Å². The Morgan fingerprint density at radius 2 is 1.77 bits per heavy atom. The molecule has 3 atom stereocenters. The van der Waals surface area contributed by atoms with Crippen LogP contribution in [0.15, 0.2) is 64.6 Å². The van der Waals surface area contributed by atoms with E-state index in [0.29, 0.717) is 10.6 Å². The highest BCUT2D eigenvalue weighted by Crippen LogP contribution is 2.33. The standard InChI is InChI=1S/C17H17NO3S/c1-12-8-10-14(11-9-12)22(20)16-15(18-21-17(16,2)19)13-6-4-3-5-7-13/h3-11,16,19H,1-2H3/t16?,17?,22-/m0/s1. The molecule has 0 saturated carbocycles. The van der Waals surface area contributed by atoms with Gasteiger partial charge in [0, 0.05) is 23.7 Å². The van der Waals surface area contributed by atoms with Crippen molar-refractivity contribution in [1.82, 2.24) is 0 Å². The van der Waals surface area contributed by atoms with E-state index in [4.69, 9.17) is 4.84 Å². The quantitative estimate of drug-likeness (QED) is 0.886. The Balaban J connectivity index is 1.97. The van der Waals surface area contributed by atoms with Gasteiger partial charge in [-0.05, 0) is 19.1 Å². The van der Waals surface area contributed by atoms with Gasteiger partial charge in [0.05, 0.1) is 0 Å². The first kappa shape index (κ1) is 15.1. The van der Waals surface area contributed by atoms with Crippen LogP contribution in [0.3, 0.4) is 0 Å². The predicted molar refractivity (Wildman–Crippen MR) is 86.1 cm³/mol. The highest BCUT2D eigenvalue weighted by molar-refractivity contribution is 7.93. The fraction of sp³-hybridized carbons (Fsp3) is 0.235. The van der Waals surface area contributed by atoms with E-state index in [1.165, 1.54) is 6.92 Å². The fourth-order valence-corrected chi connectivity index (χ4v) is 3.91.